The fourth-order valence-corrected chi connectivity index (χ4v) is 4.59. The number of anilines is 3. The quantitative estimate of drug-likeness (QED) is 0.546. The predicted octanol–water partition coefficient (Wildman–Crippen LogP) is 2.92. The number of aryl methyl sites for hydroxylation is 1. The smallest absolute Gasteiger partial charge is 0.277 e. The lowest BCUT2D eigenvalue weighted by molar-refractivity contribution is 0.102. The highest BCUT2D eigenvalue weighted by molar-refractivity contribution is 7.19. The second-order valence-corrected chi connectivity index (χ2v) is 8.59. The number of amides is 1. The van der Waals surface area contributed by atoms with Crippen molar-refractivity contribution >= 4 is 33.8 Å². The van der Waals surface area contributed by atoms with Crippen LogP contribution in [0.3, 0.4) is 0 Å². The lowest BCUT2D eigenvalue weighted by Gasteiger charge is -2.25. The first-order valence-electron chi connectivity index (χ1n) is 9.95. The average molecular weight is 466 g/mol. The van der Waals surface area contributed by atoms with Crippen molar-refractivity contribution in [2.45, 2.75) is 25.1 Å². The van der Waals surface area contributed by atoms with Gasteiger partial charge in [-0.15, -0.1) is 0 Å². The van der Waals surface area contributed by atoms with Crippen LogP contribution in [0.15, 0.2) is 24.4 Å². The molecular formula is C20H22F3N7OS. The third-order valence-corrected chi connectivity index (χ3v) is 6.23. The van der Waals surface area contributed by atoms with Crippen LogP contribution in [0.2, 0.25) is 0 Å². The average Bonchev–Trinajstić information content (AvgIpc) is 3.24. The van der Waals surface area contributed by atoms with E-state index >= 15 is 0 Å². The lowest BCUT2D eigenvalue weighted by atomic mass is 10.1. The third-order valence-electron chi connectivity index (χ3n) is 5.33. The van der Waals surface area contributed by atoms with Gasteiger partial charge in [0.25, 0.3) is 5.91 Å². The molecule has 0 bridgehead atoms. The van der Waals surface area contributed by atoms with Crippen molar-refractivity contribution in [2.24, 2.45) is 12.8 Å². The van der Waals surface area contributed by atoms with Crippen molar-refractivity contribution in [1.29, 1.82) is 0 Å². The van der Waals surface area contributed by atoms with Crippen molar-refractivity contribution in [3.63, 3.8) is 0 Å². The van der Waals surface area contributed by atoms with Crippen molar-refractivity contribution in [1.82, 2.24) is 14.8 Å². The molecule has 1 amide bonds. The van der Waals surface area contributed by atoms with Gasteiger partial charge in [-0.2, -0.15) is 5.10 Å². The van der Waals surface area contributed by atoms with E-state index in [0.29, 0.717) is 30.9 Å². The maximum atomic E-state index is 14.4. The van der Waals surface area contributed by atoms with Gasteiger partial charge < -0.3 is 21.7 Å². The maximum absolute atomic E-state index is 14.4. The van der Waals surface area contributed by atoms with E-state index in [1.54, 1.807) is 11.9 Å². The summed E-state index contributed by atoms with van der Waals surface area (Å²) in [7, 11) is 1.68. The monoisotopic (exact) mass is 465 g/mol. The number of nitrogens with two attached hydrogens (primary N) is 2. The zero-order valence-corrected chi connectivity index (χ0v) is 18.0. The molecular weight excluding hydrogens is 443 g/mol. The van der Waals surface area contributed by atoms with Gasteiger partial charge in [0, 0.05) is 19.6 Å². The van der Waals surface area contributed by atoms with E-state index in [4.69, 9.17) is 11.5 Å². The normalized spacial score (nSPS) is 19.1. The molecule has 0 aliphatic carbocycles. The number of halogens is 3. The molecule has 1 saturated heterocycles. The Hall–Kier alpha value is -3.12. The van der Waals surface area contributed by atoms with Crippen LogP contribution < -0.4 is 21.7 Å². The molecule has 5 N–H and O–H groups in total. The zero-order valence-electron chi connectivity index (χ0n) is 17.2. The number of benzene rings is 1. The molecule has 1 aliphatic rings. The molecule has 8 nitrogen and oxygen atoms in total. The van der Waals surface area contributed by atoms with Crippen molar-refractivity contribution in [3.05, 3.63) is 41.7 Å². The summed E-state index contributed by atoms with van der Waals surface area (Å²) in [5, 5.41) is 6.82. The van der Waals surface area contributed by atoms with E-state index in [9.17, 15) is 18.0 Å². The number of nitrogens with one attached hydrogen (secondary N) is 1. The zero-order chi connectivity index (χ0) is 23.0. The van der Waals surface area contributed by atoms with Gasteiger partial charge in [-0.1, -0.05) is 17.4 Å². The van der Waals surface area contributed by atoms with Crippen LogP contribution in [0.5, 0.6) is 0 Å². The van der Waals surface area contributed by atoms with E-state index in [0.717, 1.165) is 23.5 Å². The third kappa shape index (κ3) is 4.15. The summed E-state index contributed by atoms with van der Waals surface area (Å²) >= 11 is 0.807. The summed E-state index contributed by atoms with van der Waals surface area (Å²) < 4.78 is 44.1. The number of carbonyl (C=O) groups excluding carboxylic acids is 1. The minimum atomic E-state index is -1.22. The van der Waals surface area contributed by atoms with Gasteiger partial charge in [-0.3, -0.25) is 9.48 Å². The van der Waals surface area contributed by atoms with Crippen molar-refractivity contribution in [3.8, 4) is 10.6 Å². The number of hydrogen-bond acceptors (Lipinski definition) is 7. The van der Waals surface area contributed by atoms with Gasteiger partial charge in [0.05, 0.1) is 18.3 Å². The molecule has 3 heterocycles. The highest BCUT2D eigenvalue weighted by Crippen LogP contribution is 2.34. The first-order valence-corrected chi connectivity index (χ1v) is 10.8. The Balaban J connectivity index is 1.60. The van der Waals surface area contributed by atoms with Crippen molar-refractivity contribution in [2.75, 3.05) is 29.0 Å². The number of rotatable bonds is 4. The number of alkyl halides is 1. The highest BCUT2D eigenvalue weighted by atomic mass is 32.1. The molecule has 0 saturated carbocycles. The topological polar surface area (TPSA) is 115 Å². The summed E-state index contributed by atoms with van der Waals surface area (Å²) in [5.41, 5.74) is 11.6. The highest BCUT2D eigenvalue weighted by Gasteiger charge is 2.28. The van der Waals surface area contributed by atoms with Gasteiger partial charge in [0.1, 0.15) is 33.5 Å². The van der Waals surface area contributed by atoms with E-state index in [2.05, 4.69) is 15.4 Å². The summed E-state index contributed by atoms with van der Waals surface area (Å²) in [4.78, 5) is 18.7. The van der Waals surface area contributed by atoms with Crippen molar-refractivity contribution < 1.29 is 18.0 Å². The number of hydrogen-bond donors (Lipinski definition) is 3. The van der Waals surface area contributed by atoms with Crippen LogP contribution >= 0.6 is 11.3 Å². The number of nitrogens with zero attached hydrogens (tertiary/aromatic N) is 4. The Kier molecular flexibility index (Phi) is 6.07. The van der Waals surface area contributed by atoms with Crippen LogP contribution in [-0.2, 0) is 7.05 Å². The first kappa shape index (κ1) is 22.1. The van der Waals surface area contributed by atoms with Gasteiger partial charge in [0.15, 0.2) is 11.5 Å². The number of carbonyl (C=O) groups is 1. The standard InChI is InChI=1S/C20H22F3N7OS/c1-29-20(30-7-3-6-13(24)12(23)9-30)14(8-26-29)27-18(31)16-17(25)32-19(28-16)15-10(21)4-2-5-11(15)22/h2,4-5,8,12-13H,3,6-7,9,24-25H2,1H3,(H,27,31). The Bertz CT molecular complexity index is 1130. The molecule has 3 aromatic rings. The van der Waals surface area contributed by atoms with E-state index in [1.165, 1.54) is 16.9 Å². The molecule has 2 aromatic heterocycles. The van der Waals surface area contributed by atoms with Crippen LogP contribution in [0.4, 0.5) is 29.7 Å². The number of thiazole rings is 1. The van der Waals surface area contributed by atoms with Crippen LogP contribution in [0, 0.1) is 11.6 Å². The molecule has 170 valence electrons. The summed E-state index contributed by atoms with van der Waals surface area (Å²) in [6, 6.07) is 2.89. The lowest BCUT2D eigenvalue weighted by Crippen LogP contribution is -2.38. The van der Waals surface area contributed by atoms with E-state index < -0.39 is 29.8 Å². The van der Waals surface area contributed by atoms with Gasteiger partial charge in [-0.25, -0.2) is 18.2 Å². The SMILES string of the molecule is Cn1ncc(NC(=O)c2nc(-c3c(F)cccc3F)sc2N)c1N1CCCC(N)C(F)C1. The van der Waals surface area contributed by atoms with Crippen LogP contribution in [-0.4, -0.2) is 46.0 Å². The molecule has 2 unspecified atom stereocenters. The Morgan fingerprint density at radius 1 is 1.31 bits per heavy atom. The molecule has 1 fully saturated rings. The number of nitrogen functional groups attached to an aromatic ring is 1. The Morgan fingerprint density at radius 3 is 2.75 bits per heavy atom. The molecule has 12 heteroatoms. The molecule has 1 aliphatic heterocycles. The second kappa shape index (κ2) is 8.79. The van der Waals surface area contributed by atoms with Gasteiger partial charge >= 0.3 is 0 Å². The summed E-state index contributed by atoms with van der Waals surface area (Å²) in [6.45, 7) is 0.616. The van der Waals surface area contributed by atoms with Gasteiger partial charge in [0.2, 0.25) is 0 Å². The Morgan fingerprint density at radius 2 is 2.03 bits per heavy atom. The first-order chi connectivity index (χ1) is 15.3. The minimum absolute atomic E-state index is 0.00941. The Labute approximate surface area is 186 Å². The molecule has 2 atom stereocenters. The van der Waals surface area contributed by atoms with Gasteiger partial charge in [-0.05, 0) is 25.0 Å². The molecule has 4 rings (SSSR count). The molecule has 0 radical (unpaired) electrons. The fraction of sp³-hybridized carbons (Fsp3) is 0.350. The summed E-state index contributed by atoms with van der Waals surface area (Å²) in [6.07, 6.45) is 1.47. The summed E-state index contributed by atoms with van der Waals surface area (Å²) in [5.74, 6) is -1.76. The van der Waals surface area contributed by atoms with E-state index in [-0.39, 0.29) is 27.8 Å². The fourth-order valence-electron chi connectivity index (χ4n) is 3.71. The van der Waals surface area contributed by atoms with Crippen LogP contribution in [0.1, 0.15) is 23.3 Å². The maximum Gasteiger partial charge on any atom is 0.277 e. The number of aromatic nitrogens is 3. The molecule has 1 aromatic carbocycles. The second-order valence-electron chi connectivity index (χ2n) is 7.56. The largest absolute Gasteiger partial charge is 0.389 e. The van der Waals surface area contributed by atoms with E-state index in [1.807, 2.05) is 0 Å². The molecule has 32 heavy (non-hydrogen) atoms. The minimum Gasteiger partial charge on any atom is -0.389 e. The predicted molar refractivity (Wildman–Crippen MR) is 117 cm³/mol. The molecule has 0 spiro atoms. The van der Waals surface area contributed by atoms with Crippen LogP contribution in [0.25, 0.3) is 10.6 Å².